The highest BCUT2D eigenvalue weighted by atomic mass is 16.5. The third kappa shape index (κ3) is 3.44. The van der Waals surface area contributed by atoms with Gasteiger partial charge in [-0.1, -0.05) is 13.8 Å². The quantitative estimate of drug-likeness (QED) is 0.731. The molecule has 0 bridgehead atoms. The van der Waals surface area contributed by atoms with Crippen LogP contribution in [0.15, 0.2) is 0 Å². The van der Waals surface area contributed by atoms with Gasteiger partial charge in [0.2, 0.25) is 0 Å². The van der Waals surface area contributed by atoms with Gasteiger partial charge in [0, 0.05) is 18.1 Å². The number of aliphatic hydroxyl groups is 1. The molecule has 1 aliphatic carbocycles. The van der Waals surface area contributed by atoms with E-state index in [0.717, 1.165) is 26.0 Å². The van der Waals surface area contributed by atoms with Crippen molar-refractivity contribution < 1.29 is 9.84 Å². The van der Waals surface area contributed by atoms with Crippen molar-refractivity contribution in [2.45, 2.75) is 65.2 Å². The normalized spacial score (nSPS) is 28.9. The summed E-state index contributed by atoms with van der Waals surface area (Å²) in [7, 11) is 0. The first-order valence-electron chi connectivity index (χ1n) is 6.34. The number of hydrogen-bond acceptors (Lipinski definition) is 3. The van der Waals surface area contributed by atoms with Crippen molar-refractivity contribution >= 4 is 0 Å². The highest BCUT2D eigenvalue weighted by Crippen LogP contribution is 2.42. The summed E-state index contributed by atoms with van der Waals surface area (Å²) < 4.78 is 5.68. The number of nitrogens with one attached hydrogen (secondary N) is 1. The van der Waals surface area contributed by atoms with Gasteiger partial charge in [0.05, 0.1) is 11.7 Å². The second-order valence-electron chi connectivity index (χ2n) is 6.07. The first-order chi connectivity index (χ1) is 7.27. The van der Waals surface area contributed by atoms with E-state index in [4.69, 9.17) is 4.74 Å². The van der Waals surface area contributed by atoms with E-state index >= 15 is 0 Å². The Balaban J connectivity index is 2.26. The summed E-state index contributed by atoms with van der Waals surface area (Å²) in [6, 6.07) is 0.520. The Morgan fingerprint density at radius 2 is 2.06 bits per heavy atom. The van der Waals surface area contributed by atoms with Gasteiger partial charge in [-0.05, 0) is 40.2 Å². The molecule has 0 aliphatic heterocycles. The van der Waals surface area contributed by atoms with Crippen molar-refractivity contribution in [2.75, 3.05) is 13.2 Å². The van der Waals surface area contributed by atoms with E-state index in [9.17, 15) is 5.11 Å². The van der Waals surface area contributed by atoms with Crippen LogP contribution in [0.3, 0.4) is 0 Å². The van der Waals surface area contributed by atoms with Crippen LogP contribution in [0.5, 0.6) is 0 Å². The van der Waals surface area contributed by atoms with Crippen molar-refractivity contribution in [1.82, 2.24) is 5.32 Å². The number of rotatable bonds is 6. The molecule has 2 unspecified atom stereocenters. The molecule has 0 aromatic carbocycles. The Morgan fingerprint density at radius 3 is 2.50 bits per heavy atom. The maximum Gasteiger partial charge on any atom is 0.0655 e. The largest absolute Gasteiger partial charge is 0.390 e. The molecule has 0 heterocycles. The zero-order chi connectivity index (χ0) is 12.4. The molecule has 2 N–H and O–H groups in total. The van der Waals surface area contributed by atoms with Crippen LogP contribution in [0.1, 0.15) is 47.5 Å². The van der Waals surface area contributed by atoms with Crippen molar-refractivity contribution in [3.05, 3.63) is 0 Å². The van der Waals surface area contributed by atoms with Gasteiger partial charge in [0.15, 0.2) is 0 Å². The van der Waals surface area contributed by atoms with Crippen molar-refractivity contribution in [3.63, 3.8) is 0 Å². The summed E-state index contributed by atoms with van der Waals surface area (Å²) in [4.78, 5) is 0. The highest BCUT2D eigenvalue weighted by molar-refractivity contribution is 5.02. The summed E-state index contributed by atoms with van der Waals surface area (Å²) in [5, 5.41) is 13.1. The first kappa shape index (κ1) is 13.9. The van der Waals surface area contributed by atoms with Crippen LogP contribution < -0.4 is 5.32 Å². The fraction of sp³-hybridized carbons (Fsp3) is 1.00. The van der Waals surface area contributed by atoms with Crippen LogP contribution in [-0.2, 0) is 4.74 Å². The molecule has 96 valence electrons. The third-order valence-corrected chi connectivity index (χ3v) is 3.67. The van der Waals surface area contributed by atoms with Gasteiger partial charge in [-0.25, -0.2) is 0 Å². The Bertz CT molecular complexity index is 220. The van der Waals surface area contributed by atoms with Gasteiger partial charge in [-0.2, -0.15) is 0 Å². The molecular formula is C13H27NO2. The topological polar surface area (TPSA) is 41.5 Å². The second-order valence-corrected chi connectivity index (χ2v) is 6.07. The summed E-state index contributed by atoms with van der Waals surface area (Å²) in [6.07, 6.45) is 2.27. The number of ether oxygens (including phenoxy) is 1. The summed E-state index contributed by atoms with van der Waals surface area (Å²) in [6.45, 7) is 11.9. The van der Waals surface area contributed by atoms with Gasteiger partial charge in [-0.3, -0.25) is 0 Å². The molecule has 1 saturated carbocycles. The molecule has 1 aliphatic rings. The molecule has 0 radical (unpaired) electrons. The molecule has 16 heavy (non-hydrogen) atoms. The Hall–Kier alpha value is -0.120. The molecule has 0 spiro atoms. The van der Waals surface area contributed by atoms with Crippen LogP contribution in [0.2, 0.25) is 0 Å². The van der Waals surface area contributed by atoms with E-state index in [1.807, 2.05) is 20.8 Å². The lowest BCUT2D eigenvalue weighted by Gasteiger charge is -2.52. The molecule has 0 saturated heterocycles. The molecule has 3 heteroatoms. The van der Waals surface area contributed by atoms with Crippen molar-refractivity contribution in [1.29, 1.82) is 0 Å². The lowest BCUT2D eigenvalue weighted by Crippen LogP contribution is -2.61. The van der Waals surface area contributed by atoms with E-state index in [0.29, 0.717) is 12.1 Å². The van der Waals surface area contributed by atoms with Gasteiger partial charge in [-0.15, -0.1) is 0 Å². The van der Waals surface area contributed by atoms with E-state index in [1.54, 1.807) is 0 Å². The number of hydrogen-bond donors (Lipinski definition) is 2. The molecule has 0 amide bonds. The maximum absolute atomic E-state index is 9.62. The van der Waals surface area contributed by atoms with Gasteiger partial charge in [0.1, 0.15) is 0 Å². The maximum atomic E-state index is 9.62. The van der Waals surface area contributed by atoms with Gasteiger partial charge >= 0.3 is 0 Å². The molecule has 2 atom stereocenters. The minimum absolute atomic E-state index is 0.218. The minimum atomic E-state index is -0.569. The van der Waals surface area contributed by atoms with Crippen LogP contribution in [0.25, 0.3) is 0 Å². The lowest BCUT2D eigenvalue weighted by molar-refractivity contribution is -0.114. The molecule has 0 aromatic heterocycles. The second kappa shape index (κ2) is 5.03. The summed E-state index contributed by atoms with van der Waals surface area (Å²) >= 11 is 0. The zero-order valence-electron chi connectivity index (χ0n) is 11.3. The van der Waals surface area contributed by atoms with E-state index in [1.165, 1.54) is 0 Å². The molecule has 3 nitrogen and oxygen atoms in total. The van der Waals surface area contributed by atoms with Crippen LogP contribution in [-0.4, -0.2) is 36.0 Å². The highest BCUT2D eigenvalue weighted by Gasteiger charge is 2.48. The third-order valence-electron chi connectivity index (χ3n) is 3.67. The fourth-order valence-corrected chi connectivity index (χ4v) is 2.27. The zero-order valence-corrected chi connectivity index (χ0v) is 11.3. The van der Waals surface area contributed by atoms with Crippen LogP contribution >= 0.6 is 0 Å². The Morgan fingerprint density at radius 1 is 1.44 bits per heavy atom. The first-order valence-corrected chi connectivity index (χ1v) is 6.34. The van der Waals surface area contributed by atoms with Crippen molar-refractivity contribution in [3.8, 4) is 0 Å². The minimum Gasteiger partial charge on any atom is -0.390 e. The van der Waals surface area contributed by atoms with E-state index in [2.05, 4.69) is 19.2 Å². The van der Waals surface area contributed by atoms with Gasteiger partial charge in [0.25, 0.3) is 0 Å². The van der Waals surface area contributed by atoms with Crippen LogP contribution in [0, 0.1) is 5.41 Å². The average Bonchev–Trinajstić information content (AvgIpc) is 2.13. The molecule has 1 rings (SSSR count). The van der Waals surface area contributed by atoms with E-state index in [-0.39, 0.29) is 5.41 Å². The van der Waals surface area contributed by atoms with Gasteiger partial charge < -0.3 is 15.2 Å². The average molecular weight is 229 g/mol. The lowest BCUT2D eigenvalue weighted by atomic mass is 9.64. The summed E-state index contributed by atoms with van der Waals surface area (Å²) in [5.74, 6) is 0. The molecular weight excluding hydrogens is 202 g/mol. The fourth-order valence-electron chi connectivity index (χ4n) is 2.27. The monoisotopic (exact) mass is 229 g/mol. The smallest absolute Gasteiger partial charge is 0.0655 e. The molecule has 1 fully saturated rings. The SMILES string of the molecule is CCOC1CC(NCCC(C)(C)O)C1(C)C. The summed E-state index contributed by atoms with van der Waals surface area (Å²) in [5.41, 5.74) is -0.351. The predicted octanol–water partition coefficient (Wildman–Crippen LogP) is 1.94. The van der Waals surface area contributed by atoms with E-state index < -0.39 is 5.60 Å². The Labute approximate surface area is 99.6 Å². The Kier molecular flexibility index (Phi) is 4.38. The van der Waals surface area contributed by atoms with Crippen LogP contribution in [0.4, 0.5) is 0 Å². The standard InChI is InChI=1S/C13H27NO2/c1-6-16-11-9-10(13(11,4)5)14-8-7-12(2,3)15/h10-11,14-15H,6-9H2,1-5H3. The predicted molar refractivity (Wildman–Crippen MR) is 66.5 cm³/mol. The van der Waals surface area contributed by atoms with Crippen molar-refractivity contribution in [2.24, 2.45) is 5.41 Å². The molecule has 0 aromatic rings.